The predicted octanol–water partition coefficient (Wildman–Crippen LogP) is 3.51. The second-order valence-corrected chi connectivity index (χ2v) is 6.89. The number of hydrogen-bond donors (Lipinski definition) is 0. The Morgan fingerprint density at radius 2 is 1.68 bits per heavy atom. The van der Waals surface area contributed by atoms with Crippen molar-refractivity contribution in [3.8, 4) is 0 Å². The summed E-state index contributed by atoms with van der Waals surface area (Å²) >= 11 is 0. The van der Waals surface area contributed by atoms with Crippen molar-refractivity contribution in [1.82, 2.24) is 9.80 Å². The van der Waals surface area contributed by atoms with Crippen LogP contribution in [0.25, 0.3) is 0 Å². The van der Waals surface area contributed by atoms with Gasteiger partial charge >= 0.3 is 6.18 Å². The summed E-state index contributed by atoms with van der Waals surface area (Å²) in [6.07, 6.45) is -3.81. The van der Waals surface area contributed by atoms with E-state index in [1.165, 1.54) is 21.9 Å². The third-order valence-corrected chi connectivity index (χ3v) is 4.90. The van der Waals surface area contributed by atoms with Gasteiger partial charge in [-0.1, -0.05) is 42.5 Å². The van der Waals surface area contributed by atoms with E-state index in [9.17, 15) is 22.8 Å². The summed E-state index contributed by atoms with van der Waals surface area (Å²) < 4.78 is 38.7. The van der Waals surface area contributed by atoms with Gasteiger partial charge in [-0.25, -0.2) is 0 Å². The SMILES string of the molecule is C[C@H]1C(=O)N(CCc2ccccc2)CC(=O)N1Cc1cccc(C(F)(F)F)c1. The van der Waals surface area contributed by atoms with E-state index in [4.69, 9.17) is 0 Å². The maximum absolute atomic E-state index is 12.9. The summed E-state index contributed by atoms with van der Waals surface area (Å²) in [7, 11) is 0. The Kier molecular flexibility index (Phi) is 5.72. The molecule has 1 fully saturated rings. The highest BCUT2D eigenvalue weighted by molar-refractivity contribution is 5.94. The second kappa shape index (κ2) is 8.04. The highest BCUT2D eigenvalue weighted by Gasteiger charge is 2.36. The number of carbonyl (C=O) groups is 2. The number of carbonyl (C=O) groups excluding carboxylic acids is 2. The topological polar surface area (TPSA) is 40.6 Å². The molecule has 1 aliphatic heterocycles. The van der Waals surface area contributed by atoms with Crippen LogP contribution in [-0.2, 0) is 28.7 Å². The Labute approximate surface area is 161 Å². The second-order valence-electron chi connectivity index (χ2n) is 6.89. The standard InChI is InChI=1S/C21H21F3N2O2/c1-15-20(28)25(11-10-16-6-3-2-4-7-16)14-19(27)26(15)13-17-8-5-9-18(12-17)21(22,23)24/h2-9,12,15H,10-11,13-14H2,1H3/t15-/m0/s1. The zero-order valence-corrected chi connectivity index (χ0v) is 15.4. The van der Waals surface area contributed by atoms with Crippen LogP contribution in [-0.4, -0.2) is 40.7 Å². The molecule has 1 saturated heterocycles. The maximum atomic E-state index is 12.9. The zero-order valence-electron chi connectivity index (χ0n) is 15.4. The summed E-state index contributed by atoms with van der Waals surface area (Å²) in [6.45, 7) is 1.95. The Morgan fingerprint density at radius 3 is 2.36 bits per heavy atom. The van der Waals surface area contributed by atoms with Crippen molar-refractivity contribution in [2.45, 2.75) is 32.1 Å². The van der Waals surface area contributed by atoms with E-state index in [2.05, 4.69) is 0 Å². The first-order valence-corrected chi connectivity index (χ1v) is 9.04. The quantitative estimate of drug-likeness (QED) is 0.784. The average Bonchev–Trinajstić information content (AvgIpc) is 2.67. The number of alkyl halides is 3. The third-order valence-electron chi connectivity index (χ3n) is 4.90. The molecule has 1 aliphatic rings. The number of nitrogens with zero attached hydrogens (tertiary/aromatic N) is 2. The minimum Gasteiger partial charge on any atom is -0.331 e. The minimum atomic E-state index is -4.45. The molecule has 2 aromatic rings. The molecule has 148 valence electrons. The van der Waals surface area contributed by atoms with Crippen LogP contribution in [0.15, 0.2) is 54.6 Å². The van der Waals surface area contributed by atoms with E-state index in [0.717, 1.165) is 17.7 Å². The lowest BCUT2D eigenvalue weighted by Gasteiger charge is -2.39. The van der Waals surface area contributed by atoms with Crippen molar-refractivity contribution >= 4 is 11.8 Å². The lowest BCUT2D eigenvalue weighted by Crippen LogP contribution is -2.58. The first-order valence-electron chi connectivity index (χ1n) is 9.04. The van der Waals surface area contributed by atoms with Gasteiger partial charge in [-0.05, 0) is 36.6 Å². The van der Waals surface area contributed by atoms with Gasteiger partial charge in [0.2, 0.25) is 11.8 Å². The molecule has 0 saturated carbocycles. The van der Waals surface area contributed by atoms with Gasteiger partial charge in [-0.2, -0.15) is 13.2 Å². The molecule has 2 aromatic carbocycles. The Hall–Kier alpha value is -2.83. The van der Waals surface area contributed by atoms with Crippen LogP contribution >= 0.6 is 0 Å². The highest BCUT2D eigenvalue weighted by Crippen LogP contribution is 2.30. The molecule has 7 heteroatoms. The lowest BCUT2D eigenvalue weighted by atomic mass is 10.1. The van der Waals surface area contributed by atoms with E-state index in [0.29, 0.717) is 18.5 Å². The summed E-state index contributed by atoms with van der Waals surface area (Å²) in [5.41, 5.74) is 0.653. The fourth-order valence-electron chi connectivity index (χ4n) is 3.31. The summed E-state index contributed by atoms with van der Waals surface area (Å²) in [5, 5.41) is 0. The summed E-state index contributed by atoms with van der Waals surface area (Å²) in [4.78, 5) is 28.1. The molecule has 0 bridgehead atoms. The molecule has 2 amide bonds. The van der Waals surface area contributed by atoms with Gasteiger partial charge in [0, 0.05) is 13.1 Å². The van der Waals surface area contributed by atoms with Crippen LogP contribution in [0.5, 0.6) is 0 Å². The van der Waals surface area contributed by atoms with Crippen LogP contribution in [0.4, 0.5) is 13.2 Å². The van der Waals surface area contributed by atoms with E-state index in [1.54, 1.807) is 6.92 Å². The molecule has 1 heterocycles. The van der Waals surface area contributed by atoms with Gasteiger partial charge in [0.1, 0.15) is 6.04 Å². The number of benzene rings is 2. The predicted molar refractivity (Wildman–Crippen MR) is 98.2 cm³/mol. The molecule has 0 aliphatic carbocycles. The van der Waals surface area contributed by atoms with Crippen molar-refractivity contribution in [2.75, 3.05) is 13.1 Å². The molecule has 0 unspecified atom stereocenters. The molecule has 28 heavy (non-hydrogen) atoms. The van der Waals surface area contributed by atoms with E-state index in [1.807, 2.05) is 30.3 Å². The normalized spacial score (nSPS) is 17.9. The smallest absolute Gasteiger partial charge is 0.331 e. The molecular weight excluding hydrogens is 369 g/mol. The molecule has 0 N–H and O–H groups in total. The summed E-state index contributed by atoms with van der Waals surface area (Å²) in [5.74, 6) is -0.458. The largest absolute Gasteiger partial charge is 0.416 e. The van der Waals surface area contributed by atoms with Gasteiger partial charge < -0.3 is 9.80 Å². The Bertz CT molecular complexity index is 852. The number of halogens is 3. The fraction of sp³-hybridized carbons (Fsp3) is 0.333. The van der Waals surface area contributed by atoms with E-state index in [-0.39, 0.29) is 24.9 Å². The summed E-state index contributed by atoms with van der Waals surface area (Å²) in [6, 6.07) is 13.8. The molecular formula is C21H21F3N2O2. The van der Waals surface area contributed by atoms with Gasteiger partial charge in [0.15, 0.2) is 0 Å². The molecule has 0 radical (unpaired) electrons. The first-order chi connectivity index (χ1) is 13.3. The van der Waals surface area contributed by atoms with Gasteiger partial charge in [0.25, 0.3) is 0 Å². The third kappa shape index (κ3) is 4.52. The van der Waals surface area contributed by atoms with Crippen LogP contribution in [0.2, 0.25) is 0 Å². The molecule has 3 rings (SSSR count). The monoisotopic (exact) mass is 390 g/mol. The van der Waals surface area contributed by atoms with Crippen LogP contribution in [0.3, 0.4) is 0 Å². The molecule has 1 atom stereocenters. The lowest BCUT2D eigenvalue weighted by molar-refractivity contribution is -0.155. The number of amides is 2. The average molecular weight is 390 g/mol. The Balaban J connectivity index is 1.67. The number of hydrogen-bond acceptors (Lipinski definition) is 2. The van der Waals surface area contributed by atoms with Gasteiger partial charge in [-0.3, -0.25) is 9.59 Å². The highest BCUT2D eigenvalue weighted by atomic mass is 19.4. The van der Waals surface area contributed by atoms with Crippen LogP contribution in [0.1, 0.15) is 23.6 Å². The van der Waals surface area contributed by atoms with E-state index >= 15 is 0 Å². The Morgan fingerprint density at radius 1 is 1.00 bits per heavy atom. The first kappa shape index (κ1) is 19.9. The number of piperazine rings is 1. The van der Waals surface area contributed by atoms with Gasteiger partial charge in [0.05, 0.1) is 12.1 Å². The fourth-order valence-corrected chi connectivity index (χ4v) is 3.31. The molecule has 0 spiro atoms. The number of rotatable bonds is 5. The van der Waals surface area contributed by atoms with Crippen molar-refractivity contribution in [3.63, 3.8) is 0 Å². The van der Waals surface area contributed by atoms with Crippen LogP contribution < -0.4 is 0 Å². The van der Waals surface area contributed by atoms with Crippen molar-refractivity contribution in [1.29, 1.82) is 0 Å². The van der Waals surface area contributed by atoms with Crippen LogP contribution in [0, 0.1) is 0 Å². The van der Waals surface area contributed by atoms with Crippen molar-refractivity contribution in [3.05, 3.63) is 71.3 Å². The molecule has 4 nitrogen and oxygen atoms in total. The molecule has 0 aromatic heterocycles. The van der Waals surface area contributed by atoms with Crippen molar-refractivity contribution in [2.24, 2.45) is 0 Å². The van der Waals surface area contributed by atoms with Gasteiger partial charge in [-0.15, -0.1) is 0 Å². The van der Waals surface area contributed by atoms with Crippen molar-refractivity contribution < 1.29 is 22.8 Å². The zero-order chi connectivity index (χ0) is 20.3. The van der Waals surface area contributed by atoms with E-state index < -0.39 is 17.8 Å². The maximum Gasteiger partial charge on any atom is 0.416 e. The minimum absolute atomic E-state index is 0.0256.